The van der Waals surface area contributed by atoms with Crippen LogP contribution in [0, 0.1) is 5.82 Å². The average molecular weight is 335 g/mol. The topological polar surface area (TPSA) is 30.7 Å². The first-order chi connectivity index (χ1) is 7.20. The second-order valence-corrected chi connectivity index (χ2v) is 4.30. The summed E-state index contributed by atoms with van der Waals surface area (Å²) in [6.07, 6.45) is 1.75. The maximum Gasteiger partial charge on any atom is 0.139 e. The summed E-state index contributed by atoms with van der Waals surface area (Å²) in [5, 5.41) is 8.41. The van der Waals surface area contributed by atoms with Gasteiger partial charge in [0, 0.05) is 11.4 Å². The number of hydrogen-bond donors (Lipinski definition) is 0. The summed E-state index contributed by atoms with van der Waals surface area (Å²) in [5.41, 5.74) is 1.45. The van der Waals surface area contributed by atoms with E-state index in [-0.39, 0.29) is 5.82 Å². The molecule has 0 N–H and O–H groups in total. The average Bonchev–Trinajstić information content (AvgIpc) is 2.70. The third-order valence-corrected chi connectivity index (χ3v) is 3.06. The van der Waals surface area contributed by atoms with Gasteiger partial charge >= 0.3 is 0 Å². The second kappa shape index (κ2) is 4.40. The number of alkyl halides is 1. The number of aromatic nitrogens is 3. The van der Waals surface area contributed by atoms with Crippen molar-refractivity contribution in [2.45, 2.75) is 5.33 Å². The van der Waals surface area contributed by atoms with Crippen molar-refractivity contribution >= 4 is 31.9 Å². The standard InChI is InChI=1S/C9H6Br2FN3/c10-4-6-5-15(14-13-6)7-1-2-8(11)9(12)3-7/h1-3,5H,4H2. The molecule has 0 saturated carbocycles. The van der Waals surface area contributed by atoms with E-state index in [4.69, 9.17) is 0 Å². The zero-order chi connectivity index (χ0) is 10.8. The molecule has 0 unspecified atom stereocenters. The van der Waals surface area contributed by atoms with Crippen LogP contribution in [0.4, 0.5) is 4.39 Å². The number of rotatable bonds is 2. The highest BCUT2D eigenvalue weighted by atomic mass is 79.9. The van der Waals surface area contributed by atoms with Crippen LogP contribution in [0.2, 0.25) is 0 Å². The van der Waals surface area contributed by atoms with E-state index in [2.05, 4.69) is 42.2 Å². The Balaban J connectivity index is 2.40. The van der Waals surface area contributed by atoms with E-state index in [1.54, 1.807) is 18.3 Å². The van der Waals surface area contributed by atoms with Gasteiger partial charge in [0.2, 0.25) is 0 Å². The number of hydrogen-bond acceptors (Lipinski definition) is 2. The molecule has 0 aliphatic rings. The fourth-order valence-corrected chi connectivity index (χ4v) is 1.62. The van der Waals surface area contributed by atoms with Crippen LogP contribution in [-0.2, 0) is 5.33 Å². The zero-order valence-corrected chi connectivity index (χ0v) is 10.7. The molecule has 3 nitrogen and oxygen atoms in total. The lowest BCUT2D eigenvalue weighted by Crippen LogP contribution is -1.95. The SMILES string of the molecule is Fc1cc(-n2cc(CBr)nn2)ccc1Br. The Morgan fingerprint density at radius 1 is 1.40 bits per heavy atom. The monoisotopic (exact) mass is 333 g/mol. The predicted octanol–water partition coefficient (Wildman–Crippen LogP) is 3.06. The summed E-state index contributed by atoms with van der Waals surface area (Å²) in [6, 6.07) is 4.80. The molecule has 0 saturated heterocycles. The molecule has 6 heteroatoms. The summed E-state index contributed by atoms with van der Waals surface area (Å²) in [4.78, 5) is 0. The zero-order valence-electron chi connectivity index (χ0n) is 7.49. The molecule has 0 amide bonds. The lowest BCUT2D eigenvalue weighted by Gasteiger charge is -2.00. The van der Waals surface area contributed by atoms with E-state index >= 15 is 0 Å². The molecule has 0 aliphatic carbocycles. The fraction of sp³-hybridized carbons (Fsp3) is 0.111. The van der Waals surface area contributed by atoms with Gasteiger partial charge in [0.25, 0.3) is 0 Å². The molecule has 2 aromatic rings. The molecule has 15 heavy (non-hydrogen) atoms. The Labute approximate surface area is 103 Å². The van der Waals surface area contributed by atoms with Crippen LogP contribution in [0.15, 0.2) is 28.9 Å². The molecule has 0 bridgehead atoms. The van der Waals surface area contributed by atoms with Gasteiger partial charge in [-0.3, -0.25) is 0 Å². The summed E-state index contributed by atoms with van der Waals surface area (Å²) < 4.78 is 15.2. The molecular weight excluding hydrogens is 329 g/mol. The molecule has 0 atom stereocenters. The Morgan fingerprint density at radius 3 is 2.80 bits per heavy atom. The quantitative estimate of drug-likeness (QED) is 0.790. The normalized spacial score (nSPS) is 10.6. The van der Waals surface area contributed by atoms with Crippen LogP contribution < -0.4 is 0 Å². The van der Waals surface area contributed by atoms with Gasteiger partial charge in [0.05, 0.1) is 22.1 Å². The molecule has 0 spiro atoms. The van der Waals surface area contributed by atoms with Crippen LogP contribution in [0.25, 0.3) is 5.69 Å². The number of benzene rings is 1. The van der Waals surface area contributed by atoms with Crippen LogP contribution >= 0.6 is 31.9 Å². The minimum Gasteiger partial charge on any atom is -0.220 e. The molecular formula is C9H6Br2FN3. The van der Waals surface area contributed by atoms with E-state index in [0.29, 0.717) is 15.5 Å². The molecule has 1 aromatic carbocycles. The first-order valence-electron chi connectivity index (χ1n) is 4.13. The van der Waals surface area contributed by atoms with Crippen molar-refractivity contribution in [3.8, 4) is 5.69 Å². The van der Waals surface area contributed by atoms with E-state index in [1.165, 1.54) is 10.7 Å². The van der Waals surface area contributed by atoms with Gasteiger partial charge in [0.1, 0.15) is 5.82 Å². The Hall–Kier alpha value is -0.750. The predicted molar refractivity (Wildman–Crippen MR) is 61.6 cm³/mol. The third-order valence-electron chi connectivity index (χ3n) is 1.85. The van der Waals surface area contributed by atoms with Gasteiger partial charge in [-0.1, -0.05) is 21.1 Å². The Bertz CT molecular complexity index is 484. The van der Waals surface area contributed by atoms with Gasteiger partial charge in [-0.2, -0.15) is 0 Å². The minimum absolute atomic E-state index is 0.316. The van der Waals surface area contributed by atoms with Gasteiger partial charge in [-0.25, -0.2) is 9.07 Å². The highest BCUT2D eigenvalue weighted by Gasteiger charge is 2.04. The Morgan fingerprint density at radius 2 is 2.20 bits per heavy atom. The van der Waals surface area contributed by atoms with E-state index in [9.17, 15) is 4.39 Å². The van der Waals surface area contributed by atoms with E-state index < -0.39 is 0 Å². The fourth-order valence-electron chi connectivity index (χ4n) is 1.11. The van der Waals surface area contributed by atoms with Crippen molar-refractivity contribution < 1.29 is 4.39 Å². The molecule has 0 fully saturated rings. The maximum atomic E-state index is 13.2. The highest BCUT2D eigenvalue weighted by Crippen LogP contribution is 2.18. The van der Waals surface area contributed by atoms with Gasteiger partial charge in [-0.05, 0) is 28.1 Å². The van der Waals surface area contributed by atoms with Crippen molar-refractivity contribution in [1.29, 1.82) is 0 Å². The van der Waals surface area contributed by atoms with Gasteiger partial charge in [0.15, 0.2) is 0 Å². The summed E-state index contributed by atoms with van der Waals surface area (Å²) in [7, 11) is 0. The first kappa shape index (κ1) is 10.8. The minimum atomic E-state index is -0.316. The summed E-state index contributed by atoms with van der Waals surface area (Å²) in [5.74, 6) is -0.316. The van der Waals surface area contributed by atoms with Gasteiger partial charge in [-0.15, -0.1) is 5.10 Å². The largest absolute Gasteiger partial charge is 0.220 e. The van der Waals surface area contributed by atoms with Crippen LogP contribution in [0.3, 0.4) is 0 Å². The molecule has 1 aromatic heterocycles. The Kier molecular flexibility index (Phi) is 3.16. The van der Waals surface area contributed by atoms with Gasteiger partial charge < -0.3 is 0 Å². The molecule has 1 heterocycles. The lowest BCUT2D eigenvalue weighted by molar-refractivity contribution is 0.618. The third kappa shape index (κ3) is 2.26. The number of nitrogens with zero attached hydrogens (tertiary/aromatic N) is 3. The van der Waals surface area contributed by atoms with Crippen LogP contribution in [0.1, 0.15) is 5.69 Å². The highest BCUT2D eigenvalue weighted by molar-refractivity contribution is 9.10. The number of halogens is 3. The van der Waals surface area contributed by atoms with Crippen molar-refractivity contribution in [2.24, 2.45) is 0 Å². The summed E-state index contributed by atoms with van der Waals surface area (Å²) >= 11 is 6.37. The first-order valence-corrected chi connectivity index (χ1v) is 6.05. The molecule has 0 aliphatic heterocycles. The van der Waals surface area contributed by atoms with E-state index in [1.807, 2.05) is 0 Å². The van der Waals surface area contributed by atoms with Crippen LogP contribution in [0.5, 0.6) is 0 Å². The lowest BCUT2D eigenvalue weighted by atomic mass is 10.3. The molecule has 78 valence electrons. The molecule has 0 radical (unpaired) electrons. The van der Waals surface area contributed by atoms with Crippen molar-refractivity contribution in [3.05, 3.63) is 40.4 Å². The maximum absolute atomic E-state index is 13.2. The summed E-state index contributed by atoms with van der Waals surface area (Å²) in [6.45, 7) is 0. The van der Waals surface area contributed by atoms with E-state index in [0.717, 1.165) is 5.69 Å². The smallest absolute Gasteiger partial charge is 0.139 e. The second-order valence-electron chi connectivity index (χ2n) is 2.89. The van der Waals surface area contributed by atoms with Crippen LogP contribution in [-0.4, -0.2) is 15.0 Å². The van der Waals surface area contributed by atoms with Crippen molar-refractivity contribution in [1.82, 2.24) is 15.0 Å². The molecule has 2 rings (SSSR count). The van der Waals surface area contributed by atoms with Crippen molar-refractivity contribution in [3.63, 3.8) is 0 Å². The van der Waals surface area contributed by atoms with Crippen molar-refractivity contribution in [2.75, 3.05) is 0 Å².